The maximum absolute atomic E-state index is 12.4. The van der Waals surface area contributed by atoms with Gasteiger partial charge in [-0.15, -0.1) is 11.3 Å². The highest BCUT2D eigenvalue weighted by molar-refractivity contribution is 7.13. The van der Waals surface area contributed by atoms with Crippen LogP contribution in [0.3, 0.4) is 0 Å². The highest BCUT2D eigenvalue weighted by atomic mass is 32.1. The van der Waals surface area contributed by atoms with Crippen molar-refractivity contribution in [2.75, 3.05) is 11.9 Å². The number of carbonyl (C=O) groups is 1. The van der Waals surface area contributed by atoms with Crippen LogP contribution >= 0.6 is 11.3 Å². The van der Waals surface area contributed by atoms with Gasteiger partial charge in [0, 0.05) is 0 Å². The van der Waals surface area contributed by atoms with Crippen LogP contribution in [0.5, 0.6) is 5.75 Å². The van der Waals surface area contributed by atoms with Gasteiger partial charge >= 0.3 is 0 Å². The average molecular weight is 405 g/mol. The molecule has 4 aromatic rings. The lowest BCUT2D eigenvalue weighted by molar-refractivity contribution is -0.118. The molecule has 0 atom stereocenters. The van der Waals surface area contributed by atoms with Crippen molar-refractivity contribution in [2.24, 2.45) is 0 Å². The van der Waals surface area contributed by atoms with Gasteiger partial charge in [0.1, 0.15) is 5.75 Å². The van der Waals surface area contributed by atoms with Gasteiger partial charge < -0.3 is 14.6 Å². The number of benzene rings is 2. The van der Waals surface area contributed by atoms with Crippen molar-refractivity contribution in [1.82, 2.24) is 10.1 Å². The minimum absolute atomic E-state index is 0.0961. The third-order valence-electron chi connectivity index (χ3n) is 4.45. The number of thiophene rings is 1. The Bertz CT molecular complexity index is 1140. The molecule has 2 aromatic heterocycles. The number of anilines is 1. The third-order valence-corrected chi connectivity index (χ3v) is 5.31. The van der Waals surface area contributed by atoms with E-state index in [1.54, 1.807) is 6.07 Å². The standard InChI is InChI=1S/C22H19N3O3S/c1-14-9-10-16(12-15(14)2)27-13-20(26)23-18-7-4-3-6-17(18)22-24-21(25-28-22)19-8-5-11-29-19/h3-12H,13H2,1-2H3,(H,23,26). The lowest BCUT2D eigenvalue weighted by Crippen LogP contribution is -2.20. The number of hydrogen-bond acceptors (Lipinski definition) is 6. The molecule has 4 rings (SSSR count). The highest BCUT2D eigenvalue weighted by Crippen LogP contribution is 2.29. The van der Waals surface area contributed by atoms with Crippen molar-refractivity contribution < 1.29 is 14.1 Å². The van der Waals surface area contributed by atoms with Gasteiger partial charge in [0.15, 0.2) is 6.61 Å². The number of hydrogen-bond donors (Lipinski definition) is 1. The van der Waals surface area contributed by atoms with Crippen LogP contribution < -0.4 is 10.1 Å². The summed E-state index contributed by atoms with van der Waals surface area (Å²) in [6.07, 6.45) is 0. The second-order valence-electron chi connectivity index (χ2n) is 6.53. The topological polar surface area (TPSA) is 77.2 Å². The molecule has 146 valence electrons. The van der Waals surface area contributed by atoms with Gasteiger partial charge in [0.05, 0.1) is 16.1 Å². The number of aromatic nitrogens is 2. The van der Waals surface area contributed by atoms with E-state index in [0.717, 1.165) is 10.4 Å². The van der Waals surface area contributed by atoms with Crippen molar-refractivity contribution in [2.45, 2.75) is 13.8 Å². The van der Waals surface area contributed by atoms with Crippen LogP contribution in [0.4, 0.5) is 5.69 Å². The fourth-order valence-electron chi connectivity index (χ4n) is 2.76. The van der Waals surface area contributed by atoms with Crippen molar-refractivity contribution >= 4 is 22.9 Å². The molecule has 0 unspecified atom stereocenters. The number of para-hydroxylation sites is 1. The average Bonchev–Trinajstić information content (AvgIpc) is 3.41. The van der Waals surface area contributed by atoms with Crippen LogP contribution in [0, 0.1) is 13.8 Å². The number of nitrogens with zero attached hydrogens (tertiary/aromatic N) is 2. The minimum atomic E-state index is -0.270. The summed E-state index contributed by atoms with van der Waals surface area (Å²) in [4.78, 5) is 17.8. The molecule has 0 aliphatic carbocycles. The first-order chi connectivity index (χ1) is 14.1. The molecular formula is C22H19N3O3S. The molecule has 0 bridgehead atoms. The fourth-order valence-corrected chi connectivity index (χ4v) is 3.41. The molecule has 1 amide bonds. The Hall–Kier alpha value is -3.45. The van der Waals surface area contributed by atoms with E-state index in [-0.39, 0.29) is 12.5 Å². The Morgan fingerprint density at radius 2 is 1.97 bits per heavy atom. The molecule has 7 heteroatoms. The molecule has 0 aliphatic rings. The zero-order valence-corrected chi connectivity index (χ0v) is 16.8. The third kappa shape index (κ3) is 4.35. The largest absolute Gasteiger partial charge is 0.484 e. The minimum Gasteiger partial charge on any atom is -0.484 e. The quantitative estimate of drug-likeness (QED) is 0.483. The van der Waals surface area contributed by atoms with E-state index in [0.29, 0.717) is 28.7 Å². The second kappa shape index (κ2) is 8.28. The molecule has 29 heavy (non-hydrogen) atoms. The molecule has 2 aromatic carbocycles. The van der Waals surface area contributed by atoms with Crippen LogP contribution in [0.15, 0.2) is 64.5 Å². The van der Waals surface area contributed by atoms with Crippen LogP contribution in [0.25, 0.3) is 22.2 Å². The van der Waals surface area contributed by atoms with E-state index < -0.39 is 0 Å². The predicted octanol–water partition coefficient (Wildman–Crippen LogP) is 5.10. The number of carbonyl (C=O) groups excluding carboxylic acids is 1. The van der Waals surface area contributed by atoms with Gasteiger partial charge in [-0.1, -0.05) is 29.4 Å². The van der Waals surface area contributed by atoms with Gasteiger partial charge in [-0.3, -0.25) is 4.79 Å². The van der Waals surface area contributed by atoms with E-state index in [1.807, 2.05) is 67.8 Å². The van der Waals surface area contributed by atoms with Gasteiger partial charge in [0.25, 0.3) is 11.8 Å². The van der Waals surface area contributed by atoms with Crippen molar-refractivity contribution in [3.63, 3.8) is 0 Å². The highest BCUT2D eigenvalue weighted by Gasteiger charge is 2.16. The summed E-state index contributed by atoms with van der Waals surface area (Å²) in [6, 6.07) is 16.9. The van der Waals surface area contributed by atoms with Crippen LogP contribution in [0.2, 0.25) is 0 Å². The zero-order chi connectivity index (χ0) is 20.2. The Morgan fingerprint density at radius 1 is 1.10 bits per heavy atom. The molecule has 0 aliphatic heterocycles. The Labute approximate surface area is 172 Å². The Morgan fingerprint density at radius 3 is 2.76 bits per heavy atom. The first-order valence-corrected chi connectivity index (χ1v) is 9.95. The number of ether oxygens (including phenoxy) is 1. The summed E-state index contributed by atoms with van der Waals surface area (Å²) >= 11 is 1.53. The molecule has 0 saturated heterocycles. The summed E-state index contributed by atoms with van der Waals surface area (Å²) in [5.74, 6) is 1.26. The fraction of sp³-hybridized carbons (Fsp3) is 0.136. The molecule has 0 radical (unpaired) electrons. The number of nitrogens with one attached hydrogen (secondary N) is 1. The van der Waals surface area contributed by atoms with Crippen LogP contribution in [-0.2, 0) is 4.79 Å². The van der Waals surface area contributed by atoms with E-state index in [9.17, 15) is 4.79 Å². The van der Waals surface area contributed by atoms with E-state index in [2.05, 4.69) is 15.5 Å². The molecule has 0 fully saturated rings. The summed E-state index contributed by atoms with van der Waals surface area (Å²) in [5, 5.41) is 8.85. The van der Waals surface area contributed by atoms with Gasteiger partial charge in [-0.25, -0.2) is 0 Å². The summed E-state index contributed by atoms with van der Waals surface area (Å²) < 4.78 is 11.0. The normalized spacial score (nSPS) is 10.7. The van der Waals surface area contributed by atoms with Crippen molar-refractivity contribution in [3.8, 4) is 27.9 Å². The SMILES string of the molecule is Cc1ccc(OCC(=O)Nc2ccccc2-c2nc(-c3cccs3)no2)cc1C. The van der Waals surface area contributed by atoms with E-state index >= 15 is 0 Å². The Balaban J connectivity index is 1.47. The maximum Gasteiger partial charge on any atom is 0.262 e. The van der Waals surface area contributed by atoms with E-state index in [1.165, 1.54) is 16.9 Å². The maximum atomic E-state index is 12.4. The first kappa shape index (κ1) is 18.9. The van der Waals surface area contributed by atoms with Crippen LogP contribution in [0.1, 0.15) is 11.1 Å². The summed E-state index contributed by atoms with van der Waals surface area (Å²) in [5.41, 5.74) is 3.54. The van der Waals surface area contributed by atoms with Gasteiger partial charge in [0.2, 0.25) is 5.82 Å². The smallest absolute Gasteiger partial charge is 0.262 e. The second-order valence-corrected chi connectivity index (χ2v) is 7.48. The van der Waals surface area contributed by atoms with Crippen LogP contribution in [-0.4, -0.2) is 22.7 Å². The predicted molar refractivity (Wildman–Crippen MR) is 113 cm³/mol. The summed E-state index contributed by atoms with van der Waals surface area (Å²) in [6.45, 7) is 3.94. The number of amides is 1. The number of rotatable bonds is 6. The monoisotopic (exact) mass is 405 g/mol. The molecule has 1 N–H and O–H groups in total. The van der Waals surface area contributed by atoms with Crippen molar-refractivity contribution in [3.05, 3.63) is 71.1 Å². The van der Waals surface area contributed by atoms with Gasteiger partial charge in [-0.05, 0) is 60.7 Å². The lowest BCUT2D eigenvalue weighted by atomic mass is 10.1. The van der Waals surface area contributed by atoms with E-state index in [4.69, 9.17) is 9.26 Å². The molecule has 0 saturated carbocycles. The molecule has 6 nitrogen and oxygen atoms in total. The Kier molecular flexibility index (Phi) is 5.39. The molecule has 2 heterocycles. The van der Waals surface area contributed by atoms with Gasteiger partial charge in [-0.2, -0.15) is 4.98 Å². The molecule has 0 spiro atoms. The van der Waals surface area contributed by atoms with Crippen molar-refractivity contribution in [1.29, 1.82) is 0 Å². The summed E-state index contributed by atoms with van der Waals surface area (Å²) in [7, 11) is 0. The molecular weight excluding hydrogens is 386 g/mol. The lowest BCUT2D eigenvalue weighted by Gasteiger charge is -2.10. The zero-order valence-electron chi connectivity index (χ0n) is 16.0. The first-order valence-electron chi connectivity index (χ1n) is 9.07. The number of aryl methyl sites for hydroxylation is 2.